The zero-order valence-corrected chi connectivity index (χ0v) is 11.5. The Kier molecular flexibility index (Phi) is 3.18. The number of rotatable bonds is 2. The van der Waals surface area contributed by atoms with Crippen LogP contribution in [0.25, 0.3) is 22.2 Å². The number of nitrogens with zero attached hydrogens (tertiary/aromatic N) is 1. The summed E-state index contributed by atoms with van der Waals surface area (Å²) in [5.74, 6) is 0.593. The molecule has 0 saturated carbocycles. The van der Waals surface area contributed by atoms with Gasteiger partial charge in [-0.05, 0) is 23.3 Å². The molecule has 1 aliphatic rings. The minimum absolute atomic E-state index is 0.202. The molecule has 0 radical (unpaired) electrons. The maximum absolute atomic E-state index is 5.78. The zero-order chi connectivity index (χ0) is 14.1. The second kappa shape index (κ2) is 5.31. The molecular weight excluding hydrogens is 266 g/mol. The SMILES string of the molecule is c1ccc(-c2ccc3oc(C4COCCO4)nc3c2)cc1. The van der Waals surface area contributed by atoms with E-state index in [1.807, 2.05) is 36.4 Å². The fourth-order valence-electron chi connectivity index (χ4n) is 2.52. The minimum atomic E-state index is -0.202. The third-order valence-corrected chi connectivity index (χ3v) is 3.60. The highest BCUT2D eigenvalue weighted by atomic mass is 16.6. The Bertz CT molecular complexity index is 745. The number of fused-ring (bicyclic) bond motifs is 1. The van der Waals surface area contributed by atoms with E-state index in [1.165, 1.54) is 5.56 Å². The highest BCUT2D eigenvalue weighted by Crippen LogP contribution is 2.28. The summed E-state index contributed by atoms with van der Waals surface area (Å²) in [6.45, 7) is 1.71. The molecule has 1 saturated heterocycles. The standard InChI is InChI=1S/C17H15NO3/c1-2-4-12(5-3-1)13-6-7-15-14(10-13)18-17(21-15)16-11-19-8-9-20-16/h1-7,10,16H,8-9,11H2. The summed E-state index contributed by atoms with van der Waals surface area (Å²) in [7, 11) is 0. The van der Waals surface area contributed by atoms with Crippen molar-refractivity contribution in [2.45, 2.75) is 6.10 Å². The predicted molar refractivity (Wildman–Crippen MR) is 79.0 cm³/mol. The Morgan fingerprint density at radius 2 is 1.86 bits per heavy atom. The summed E-state index contributed by atoms with van der Waals surface area (Å²) in [4.78, 5) is 4.55. The molecule has 0 bridgehead atoms. The second-order valence-corrected chi connectivity index (χ2v) is 5.03. The first-order valence-electron chi connectivity index (χ1n) is 7.05. The first kappa shape index (κ1) is 12.6. The summed E-state index contributed by atoms with van der Waals surface area (Å²) in [6, 6.07) is 16.3. The van der Waals surface area contributed by atoms with Crippen molar-refractivity contribution in [1.82, 2.24) is 4.98 Å². The van der Waals surface area contributed by atoms with E-state index in [0.29, 0.717) is 25.7 Å². The van der Waals surface area contributed by atoms with E-state index in [2.05, 4.69) is 17.1 Å². The molecule has 4 heteroatoms. The maximum atomic E-state index is 5.78. The van der Waals surface area contributed by atoms with Gasteiger partial charge in [0.15, 0.2) is 11.7 Å². The van der Waals surface area contributed by atoms with Crippen LogP contribution < -0.4 is 0 Å². The molecule has 1 aliphatic heterocycles. The van der Waals surface area contributed by atoms with Crippen molar-refractivity contribution >= 4 is 11.1 Å². The monoisotopic (exact) mass is 281 g/mol. The summed E-state index contributed by atoms with van der Waals surface area (Å²) in [6.07, 6.45) is -0.202. The summed E-state index contributed by atoms with van der Waals surface area (Å²) in [5, 5.41) is 0. The maximum Gasteiger partial charge on any atom is 0.227 e. The number of aromatic nitrogens is 1. The van der Waals surface area contributed by atoms with Gasteiger partial charge in [0.1, 0.15) is 5.52 Å². The van der Waals surface area contributed by atoms with Gasteiger partial charge in [0, 0.05) is 0 Å². The van der Waals surface area contributed by atoms with E-state index in [0.717, 1.165) is 16.7 Å². The molecular formula is C17H15NO3. The van der Waals surface area contributed by atoms with Crippen LogP contribution in [0.1, 0.15) is 12.0 Å². The topological polar surface area (TPSA) is 44.5 Å². The average molecular weight is 281 g/mol. The Hall–Kier alpha value is -2.17. The molecule has 4 nitrogen and oxygen atoms in total. The van der Waals surface area contributed by atoms with Gasteiger partial charge in [-0.3, -0.25) is 0 Å². The molecule has 1 atom stereocenters. The van der Waals surface area contributed by atoms with E-state index in [4.69, 9.17) is 13.9 Å². The van der Waals surface area contributed by atoms with Crippen molar-refractivity contribution in [2.24, 2.45) is 0 Å². The minimum Gasteiger partial charge on any atom is -0.438 e. The molecule has 106 valence electrons. The van der Waals surface area contributed by atoms with Gasteiger partial charge in [-0.1, -0.05) is 36.4 Å². The van der Waals surface area contributed by atoms with Crippen LogP contribution in [0.15, 0.2) is 52.9 Å². The molecule has 3 aromatic rings. The number of ether oxygens (including phenoxy) is 2. The molecule has 1 aromatic heterocycles. The molecule has 0 amide bonds. The van der Waals surface area contributed by atoms with Crippen LogP contribution in [0.4, 0.5) is 0 Å². The van der Waals surface area contributed by atoms with Gasteiger partial charge in [-0.25, -0.2) is 4.98 Å². The lowest BCUT2D eigenvalue weighted by molar-refractivity contribution is -0.0991. The fraction of sp³-hybridized carbons (Fsp3) is 0.235. The Morgan fingerprint density at radius 3 is 2.67 bits per heavy atom. The molecule has 0 spiro atoms. The lowest BCUT2D eigenvalue weighted by Crippen LogP contribution is -2.22. The van der Waals surface area contributed by atoms with E-state index in [1.54, 1.807) is 0 Å². The lowest BCUT2D eigenvalue weighted by atomic mass is 10.1. The lowest BCUT2D eigenvalue weighted by Gasteiger charge is -2.19. The van der Waals surface area contributed by atoms with E-state index >= 15 is 0 Å². The third-order valence-electron chi connectivity index (χ3n) is 3.60. The molecule has 21 heavy (non-hydrogen) atoms. The van der Waals surface area contributed by atoms with Crippen molar-refractivity contribution in [3.8, 4) is 11.1 Å². The second-order valence-electron chi connectivity index (χ2n) is 5.03. The molecule has 2 aromatic carbocycles. The van der Waals surface area contributed by atoms with Crippen molar-refractivity contribution in [2.75, 3.05) is 19.8 Å². The third kappa shape index (κ3) is 2.44. The molecule has 1 fully saturated rings. The van der Waals surface area contributed by atoms with Gasteiger partial charge in [-0.2, -0.15) is 0 Å². The largest absolute Gasteiger partial charge is 0.438 e. The van der Waals surface area contributed by atoms with Crippen LogP contribution in [-0.4, -0.2) is 24.8 Å². The van der Waals surface area contributed by atoms with Gasteiger partial charge in [0.05, 0.1) is 19.8 Å². The zero-order valence-electron chi connectivity index (χ0n) is 11.5. The van der Waals surface area contributed by atoms with E-state index < -0.39 is 0 Å². The first-order valence-corrected chi connectivity index (χ1v) is 7.05. The normalized spacial score (nSPS) is 19.0. The predicted octanol–water partition coefficient (Wildman–Crippen LogP) is 3.58. The average Bonchev–Trinajstić information content (AvgIpc) is 2.99. The Balaban J connectivity index is 1.71. The number of hydrogen-bond acceptors (Lipinski definition) is 4. The quantitative estimate of drug-likeness (QED) is 0.720. The van der Waals surface area contributed by atoms with Gasteiger partial charge in [0.25, 0.3) is 0 Å². The van der Waals surface area contributed by atoms with Crippen LogP contribution >= 0.6 is 0 Å². The highest BCUT2D eigenvalue weighted by molar-refractivity contribution is 5.80. The van der Waals surface area contributed by atoms with Crippen molar-refractivity contribution in [3.63, 3.8) is 0 Å². The van der Waals surface area contributed by atoms with Crippen LogP contribution in [0, 0.1) is 0 Å². The number of hydrogen-bond donors (Lipinski definition) is 0. The Labute approximate surface area is 122 Å². The van der Waals surface area contributed by atoms with Gasteiger partial charge >= 0.3 is 0 Å². The van der Waals surface area contributed by atoms with Crippen LogP contribution in [0.2, 0.25) is 0 Å². The number of benzene rings is 2. The van der Waals surface area contributed by atoms with Crippen molar-refractivity contribution in [3.05, 3.63) is 54.4 Å². The van der Waals surface area contributed by atoms with Gasteiger partial charge < -0.3 is 13.9 Å². The summed E-state index contributed by atoms with van der Waals surface area (Å²) < 4.78 is 16.8. The smallest absolute Gasteiger partial charge is 0.227 e. The molecule has 0 N–H and O–H groups in total. The first-order chi connectivity index (χ1) is 10.4. The van der Waals surface area contributed by atoms with Crippen LogP contribution in [0.3, 0.4) is 0 Å². The molecule has 4 rings (SSSR count). The van der Waals surface area contributed by atoms with E-state index in [9.17, 15) is 0 Å². The summed E-state index contributed by atoms with van der Waals surface area (Å²) >= 11 is 0. The van der Waals surface area contributed by atoms with E-state index in [-0.39, 0.29) is 6.10 Å². The van der Waals surface area contributed by atoms with Gasteiger partial charge in [-0.15, -0.1) is 0 Å². The number of oxazole rings is 1. The fourth-order valence-corrected chi connectivity index (χ4v) is 2.52. The van der Waals surface area contributed by atoms with Crippen molar-refractivity contribution in [1.29, 1.82) is 0 Å². The molecule has 2 heterocycles. The Morgan fingerprint density at radius 1 is 0.952 bits per heavy atom. The summed E-state index contributed by atoms with van der Waals surface area (Å²) in [5.41, 5.74) is 3.92. The highest BCUT2D eigenvalue weighted by Gasteiger charge is 2.22. The van der Waals surface area contributed by atoms with Crippen LogP contribution in [0.5, 0.6) is 0 Å². The van der Waals surface area contributed by atoms with Crippen molar-refractivity contribution < 1.29 is 13.9 Å². The van der Waals surface area contributed by atoms with Gasteiger partial charge in [0.2, 0.25) is 5.89 Å². The van der Waals surface area contributed by atoms with Crippen LogP contribution in [-0.2, 0) is 9.47 Å². The molecule has 1 unspecified atom stereocenters. The molecule has 0 aliphatic carbocycles.